The van der Waals surface area contributed by atoms with E-state index in [2.05, 4.69) is 6.07 Å². The maximum atomic E-state index is 12.7. The van der Waals surface area contributed by atoms with Crippen molar-refractivity contribution < 1.29 is 23.7 Å². The molecule has 0 saturated heterocycles. The summed E-state index contributed by atoms with van der Waals surface area (Å²) in [6.07, 6.45) is 0. The van der Waals surface area contributed by atoms with Gasteiger partial charge in [0.1, 0.15) is 24.0 Å². The van der Waals surface area contributed by atoms with Crippen molar-refractivity contribution in [1.29, 1.82) is 5.26 Å². The number of hydrogen-bond acceptors (Lipinski definition) is 7. The van der Waals surface area contributed by atoms with Gasteiger partial charge in [0.2, 0.25) is 5.88 Å². The van der Waals surface area contributed by atoms with Crippen molar-refractivity contribution in [1.82, 2.24) is 0 Å². The number of nitriles is 1. The van der Waals surface area contributed by atoms with E-state index in [9.17, 15) is 10.1 Å². The number of allylic oxidation sites excluding steroid dienone is 2. The van der Waals surface area contributed by atoms with Crippen LogP contribution in [0.1, 0.15) is 37.8 Å². The molecule has 172 valence electrons. The van der Waals surface area contributed by atoms with Crippen molar-refractivity contribution in [3.63, 3.8) is 0 Å². The van der Waals surface area contributed by atoms with Gasteiger partial charge in [0.25, 0.3) is 0 Å². The molecule has 0 saturated carbocycles. The van der Waals surface area contributed by atoms with Crippen molar-refractivity contribution in [3.8, 4) is 17.6 Å². The fourth-order valence-corrected chi connectivity index (χ4v) is 3.65. The Morgan fingerprint density at radius 3 is 2.48 bits per heavy atom. The molecular formula is C25H25ClN2O5. The predicted molar refractivity (Wildman–Crippen MR) is 123 cm³/mol. The normalized spacial score (nSPS) is 15.5. The molecule has 1 unspecified atom stereocenters. The second kappa shape index (κ2) is 10.8. The molecule has 2 N–H and O–H groups in total. The van der Waals surface area contributed by atoms with Crippen LogP contribution < -0.4 is 15.2 Å². The molecule has 1 heterocycles. The van der Waals surface area contributed by atoms with Crippen LogP contribution in [0.25, 0.3) is 0 Å². The van der Waals surface area contributed by atoms with Crippen molar-refractivity contribution >= 4 is 17.6 Å². The van der Waals surface area contributed by atoms with Crippen LogP contribution in [0.2, 0.25) is 5.02 Å². The van der Waals surface area contributed by atoms with Gasteiger partial charge in [0, 0.05) is 5.02 Å². The van der Waals surface area contributed by atoms with Crippen LogP contribution in [-0.2, 0) is 20.9 Å². The Hall–Kier alpha value is -3.63. The summed E-state index contributed by atoms with van der Waals surface area (Å²) < 4.78 is 22.5. The molecule has 33 heavy (non-hydrogen) atoms. The molecule has 1 aliphatic heterocycles. The second-order valence-corrected chi connectivity index (χ2v) is 7.61. The molecule has 8 heteroatoms. The van der Waals surface area contributed by atoms with Crippen LogP contribution in [0.5, 0.6) is 11.5 Å². The molecule has 0 bridgehead atoms. The third-order valence-electron chi connectivity index (χ3n) is 5.01. The van der Waals surface area contributed by atoms with E-state index in [0.29, 0.717) is 35.3 Å². The molecule has 0 aliphatic carbocycles. The molecule has 1 aliphatic rings. The Balaban J connectivity index is 1.99. The molecule has 0 amide bonds. The molecule has 2 aromatic rings. The lowest BCUT2D eigenvalue weighted by Gasteiger charge is -2.27. The van der Waals surface area contributed by atoms with Crippen LogP contribution in [-0.4, -0.2) is 19.2 Å². The van der Waals surface area contributed by atoms with Crippen LogP contribution in [0.15, 0.2) is 65.3 Å². The van der Waals surface area contributed by atoms with Gasteiger partial charge in [-0.3, -0.25) is 0 Å². The zero-order chi connectivity index (χ0) is 24.0. The summed E-state index contributed by atoms with van der Waals surface area (Å²) in [6.45, 7) is 6.09. The van der Waals surface area contributed by atoms with Gasteiger partial charge in [0.15, 0.2) is 11.5 Å². The molecule has 3 rings (SSSR count). The molecule has 0 aromatic heterocycles. The Kier molecular flexibility index (Phi) is 7.86. The van der Waals surface area contributed by atoms with Gasteiger partial charge in [0.05, 0.1) is 24.7 Å². The van der Waals surface area contributed by atoms with Gasteiger partial charge >= 0.3 is 5.97 Å². The van der Waals surface area contributed by atoms with E-state index < -0.39 is 11.9 Å². The van der Waals surface area contributed by atoms with Gasteiger partial charge in [-0.25, -0.2) is 4.79 Å². The lowest BCUT2D eigenvalue weighted by Crippen LogP contribution is -2.25. The molecule has 1 atom stereocenters. The summed E-state index contributed by atoms with van der Waals surface area (Å²) in [5.41, 5.74) is 7.90. The maximum Gasteiger partial charge on any atom is 0.338 e. The summed E-state index contributed by atoms with van der Waals surface area (Å²) in [5.74, 6) is -0.0812. The molecule has 0 radical (unpaired) electrons. The highest BCUT2D eigenvalue weighted by molar-refractivity contribution is 6.30. The molecular weight excluding hydrogens is 444 g/mol. The molecule has 7 nitrogen and oxygen atoms in total. The number of rotatable bonds is 8. The van der Waals surface area contributed by atoms with Gasteiger partial charge in [-0.2, -0.15) is 5.26 Å². The fraction of sp³-hybridized carbons (Fsp3) is 0.280. The largest absolute Gasteiger partial charge is 0.490 e. The summed E-state index contributed by atoms with van der Waals surface area (Å²) in [5, 5.41) is 10.4. The van der Waals surface area contributed by atoms with E-state index in [1.54, 1.807) is 44.2 Å². The van der Waals surface area contributed by atoms with Gasteiger partial charge in [-0.05, 0) is 56.2 Å². The van der Waals surface area contributed by atoms with E-state index in [1.807, 2.05) is 19.1 Å². The first-order chi connectivity index (χ1) is 15.9. The van der Waals surface area contributed by atoms with Crippen LogP contribution >= 0.6 is 11.6 Å². The number of esters is 1. The summed E-state index contributed by atoms with van der Waals surface area (Å²) >= 11 is 5.94. The van der Waals surface area contributed by atoms with E-state index in [1.165, 1.54) is 0 Å². The lowest BCUT2D eigenvalue weighted by atomic mass is 9.83. The summed E-state index contributed by atoms with van der Waals surface area (Å²) in [7, 11) is 0. The quantitative estimate of drug-likeness (QED) is 0.546. The van der Waals surface area contributed by atoms with Crippen molar-refractivity contribution in [2.45, 2.75) is 33.3 Å². The highest BCUT2D eigenvalue weighted by atomic mass is 35.5. The van der Waals surface area contributed by atoms with Gasteiger partial charge in [-0.15, -0.1) is 0 Å². The molecule has 0 fully saturated rings. The number of ether oxygens (including phenoxy) is 4. The lowest BCUT2D eigenvalue weighted by molar-refractivity contribution is -0.139. The topological polar surface area (TPSA) is 104 Å². The Labute approximate surface area is 197 Å². The van der Waals surface area contributed by atoms with Gasteiger partial charge in [-0.1, -0.05) is 29.8 Å². The zero-order valence-corrected chi connectivity index (χ0v) is 19.4. The summed E-state index contributed by atoms with van der Waals surface area (Å²) in [6, 6.07) is 14.7. The van der Waals surface area contributed by atoms with Crippen LogP contribution in [0.3, 0.4) is 0 Å². The monoisotopic (exact) mass is 468 g/mol. The number of halogens is 1. The van der Waals surface area contributed by atoms with Gasteiger partial charge < -0.3 is 24.7 Å². The number of carbonyl (C=O) groups is 1. The number of nitrogens with zero attached hydrogens (tertiary/aromatic N) is 1. The standard InChI is InChI=1S/C25H25ClN2O5/c1-4-30-21-12-17(8-11-20(21)32-14-16-6-9-18(26)10-7-16)23-19(13-27)24(28)33-15(3)22(23)25(29)31-5-2/h6-12,23H,4-5,14,28H2,1-3H3. The average molecular weight is 469 g/mol. The van der Waals surface area contributed by atoms with Crippen LogP contribution in [0.4, 0.5) is 0 Å². The first-order valence-corrected chi connectivity index (χ1v) is 10.9. The first-order valence-electron chi connectivity index (χ1n) is 10.5. The first kappa shape index (κ1) is 24.0. The van der Waals surface area contributed by atoms with E-state index in [4.69, 9.17) is 36.3 Å². The highest BCUT2D eigenvalue weighted by Gasteiger charge is 2.36. The van der Waals surface area contributed by atoms with Crippen molar-refractivity contribution in [3.05, 3.63) is 81.4 Å². The minimum Gasteiger partial charge on any atom is -0.490 e. The minimum atomic E-state index is -0.757. The van der Waals surface area contributed by atoms with Crippen molar-refractivity contribution in [2.75, 3.05) is 13.2 Å². The third kappa shape index (κ3) is 5.41. The van der Waals surface area contributed by atoms with E-state index >= 15 is 0 Å². The van der Waals surface area contributed by atoms with E-state index in [-0.39, 0.29) is 29.4 Å². The Morgan fingerprint density at radius 1 is 1.12 bits per heavy atom. The minimum absolute atomic E-state index is 0.0472. The number of hydrogen-bond donors (Lipinski definition) is 1. The maximum absolute atomic E-state index is 12.7. The third-order valence-corrected chi connectivity index (χ3v) is 5.26. The predicted octanol–water partition coefficient (Wildman–Crippen LogP) is 4.96. The number of benzene rings is 2. The number of nitrogens with two attached hydrogens (primary N) is 1. The fourth-order valence-electron chi connectivity index (χ4n) is 3.52. The molecule has 2 aromatic carbocycles. The van der Waals surface area contributed by atoms with E-state index in [0.717, 1.165) is 5.56 Å². The van der Waals surface area contributed by atoms with Crippen molar-refractivity contribution in [2.24, 2.45) is 5.73 Å². The average Bonchev–Trinajstić information content (AvgIpc) is 2.79. The zero-order valence-electron chi connectivity index (χ0n) is 18.7. The Bertz CT molecular complexity index is 1130. The number of carbonyl (C=O) groups excluding carboxylic acids is 1. The summed E-state index contributed by atoms with van der Waals surface area (Å²) in [4.78, 5) is 12.7. The SMILES string of the molecule is CCOC(=O)C1=C(C)OC(N)=C(C#N)C1c1ccc(OCc2ccc(Cl)cc2)c(OCC)c1. The highest BCUT2D eigenvalue weighted by Crippen LogP contribution is 2.42. The van der Waals surface area contributed by atoms with Crippen LogP contribution in [0, 0.1) is 11.3 Å². The second-order valence-electron chi connectivity index (χ2n) is 7.17. The smallest absolute Gasteiger partial charge is 0.338 e. The molecule has 0 spiro atoms. The Morgan fingerprint density at radius 2 is 1.85 bits per heavy atom.